The van der Waals surface area contributed by atoms with Crippen LogP contribution in [0, 0.1) is 5.92 Å². The number of hydrogen-bond donors (Lipinski definition) is 1. The molecule has 0 spiro atoms. The highest BCUT2D eigenvalue weighted by atomic mass is 15.3. The Hall–Kier alpha value is -1.16. The van der Waals surface area contributed by atoms with Crippen molar-refractivity contribution >= 4 is 5.82 Å². The van der Waals surface area contributed by atoms with Gasteiger partial charge in [-0.15, -0.1) is 5.10 Å². The predicted molar refractivity (Wildman–Crippen MR) is 60.6 cm³/mol. The highest BCUT2D eigenvalue weighted by Gasteiger charge is 2.29. The zero-order valence-electron chi connectivity index (χ0n) is 9.13. The molecule has 1 aliphatic rings. The number of aromatic nitrogens is 2. The van der Waals surface area contributed by atoms with Crippen LogP contribution in [0.25, 0.3) is 0 Å². The van der Waals surface area contributed by atoms with Crippen molar-refractivity contribution in [3.63, 3.8) is 0 Å². The maximum Gasteiger partial charge on any atom is 0.151 e. The molecule has 0 bridgehead atoms. The van der Waals surface area contributed by atoms with Crippen LogP contribution in [0.15, 0.2) is 18.3 Å². The lowest BCUT2D eigenvalue weighted by atomic mass is 10.0. The summed E-state index contributed by atoms with van der Waals surface area (Å²) in [4.78, 5) is 2.22. The molecule has 4 nitrogen and oxygen atoms in total. The van der Waals surface area contributed by atoms with Crippen LogP contribution in [0.4, 0.5) is 5.82 Å². The zero-order chi connectivity index (χ0) is 10.7. The van der Waals surface area contributed by atoms with Crippen molar-refractivity contribution in [1.82, 2.24) is 10.2 Å². The molecule has 0 amide bonds. The summed E-state index contributed by atoms with van der Waals surface area (Å²) in [6, 6.07) is 4.45. The van der Waals surface area contributed by atoms with E-state index in [0.717, 1.165) is 12.4 Å². The largest absolute Gasteiger partial charge is 0.355 e. The fourth-order valence-electron chi connectivity index (χ4n) is 2.45. The lowest BCUT2D eigenvalue weighted by Crippen LogP contribution is -2.38. The maximum absolute atomic E-state index is 5.78. The van der Waals surface area contributed by atoms with E-state index < -0.39 is 0 Å². The molecular formula is C11H18N4. The smallest absolute Gasteiger partial charge is 0.151 e. The maximum atomic E-state index is 5.78. The van der Waals surface area contributed by atoms with Crippen LogP contribution >= 0.6 is 0 Å². The van der Waals surface area contributed by atoms with Gasteiger partial charge in [0.05, 0.1) is 0 Å². The minimum Gasteiger partial charge on any atom is -0.355 e. The van der Waals surface area contributed by atoms with E-state index in [1.165, 1.54) is 19.3 Å². The average Bonchev–Trinajstić information content (AvgIpc) is 2.77. The summed E-state index contributed by atoms with van der Waals surface area (Å²) in [5, 5.41) is 8.03. The van der Waals surface area contributed by atoms with Crippen molar-refractivity contribution in [3.05, 3.63) is 18.3 Å². The summed E-state index contributed by atoms with van der Waals surface area (Å²) in [6.07, 6.45) is 5.43. The SMILES string of the molecule is CN(c1cccnn1)C1CCCC1CN. The molecule has 1 aromatic rings. The van der Waals surface area contributed by atoms with Crippen LogP contribution in [0.2, 0.25) is 0 Å². The van der Waals surface area contributed by atoms with E-state index in [0.29, 0.717) is 12.0 Å². The Morgan fingerprint density at radius 2 is 2.40 bits per heavy atom. The van der Waals surface area contributed by atoms with Gasteiger partial charge in [-0.2, -0.15) is 5.10 Å². The first-order valence-corrected chi connectivity index (χ1v) is 5.53. The third kappa shape index (κ3) is 2.09. The number of nitrogens with two attached hydrogens (primary N) is 1. The van der Waals surface area contributed by atoms with Gasteiger partial charge in [0.1, 0.15) is 0 Å². The van der Waals surface area contributed by atoms with E-state index in [-0.39, 0.29) is 0 Å². The number of anilines is 1. The monoisotopic (exact) mass is 206 g/mol. The Kier molecular flexibility index (Phi) is 3.16. The molecule has 1 aromatic heterocycles. The molecule has 2 atom stereocenters. The minimum absolute atomic E-state index is 0.534. The van der Waals surface area contributed by atoms with Crippen molar-refractivity contribution in [2.45, 2.75) is 25.3 Å². The molecule has 1 aliphatic carbocycles. The molecule has 15 heavy (non-hydrogen) atoms. The molecule has 2 unspecified atom stereocenters. The Bertz CT molecular complexity index is 301. The highest BCUT2D eigenvalue weighted by Crippen LogP contribution is 2.30. The van der Waals surface area contributed by atoms with E-state index in [9.17, 15) is 0 Å². The van der Waals surface area contributed by atoms with Gasteiger partial charge in [-0.3, -0.25) is 0 Å². The molecule has 0 saturated heterocycles. The molecule has 4 heteroatoms. The summed E-state index contributed by atoms with van der Waals surface area (Å²) < 4.78 is 0. The van der Waals surface area contributed by atoms with Gasteiger partial charge in [0, 0.05) is 19.3 Å². The van der Waals surface area contributed by atoms with E-state index in [1.54, 1.807) is 6.20 Å². The van der Waals surface area contributed by atoms with Gasteiger partial charge >= 0.3 is 0 Å². The van der Waals surface area contributed by atoms with Crippen molar-refractivity contribution < 1.29 is 0 Å². The molecule has 2 rings (SSSR count). The van der Waals surface area contributed by atoms with Crippen molar-refractivity contribution in [3.8, 4) is 0 Å². The standard InChI is InChI=1S/C11H18N4/c1-15(11-6-3-7-13-14-11)10-5-2-4-9(10)8-12/h3,6-7,9-10H,2,4-5,8,12H2,1H3. The highest BCUT2D eigenvalue weighted by molar-refractivity contribution is 5.37. The van der Waals surface area contributed by atoms with Crippen LogP contribution in [-0.2, 0) is 0 Å². The molecule has 0 aromatic carbocycles. The molecule has 2 N–H and O–H groups in total. The van der Waals surface area contributed by atoms with Crippen molar-refractivity contribution in [2.75, 3.05) is 18.5 Å². The van der Waals surface area contributed by atoms with Gasteiger partial charge in [-0.05, 0) is 37.4 Å². The van der Waals surface area contributed by atoms with Gasteiger partial charge in [0.25, 0.3) is 0 Å². The zero-order valence-corrected chi connectivity index (χ0v) is 9.13. The molecule has 0 radical (unpaired) electrons. The second-order valence-electron chi connectivity index (χ2n) is 4.19. The summed E-state index contributed by atoms with van der Waals surface area (Å²) in [6.45, 7) is 0.773. The summed E-state index contributed by atoms with van der Waals surface area (Å²) in [7, 11) is 2.09. The number of rotatable bonds is 3. The predicted octanol–water partition coefficient (Wildman–Crippen LogP) is 1.04. The Morgan fingerprint density at radius 3 is 3.07 bits per heavy atom. The molecule has 1 saturated carbocycles. The summed E-state index contributed by atoms with van der Waals surface area (Å²) in [5.74, 6) is 1.56. The Morgan fingerprint density at radius 1 is 1.53 bits per heavy atom. The third-order valence-corrected chi connectivity index (χ3v) is 3.34. The summed E-state index contributed by atoms with van der Waals surface area (Å²) >= 11 is 0. The molecule has 1 heterocycles. The Balaban J connectivity index is 2.10. The Labute approximate surface area is 90.5 Å². The fourth-order valence-corrected chi connectivity index (χ4v) is 2.45. The fraction of sp³-hybridized carbons (Fsp3) is 0.636. The topological polar surface area (TPSA) is 55.0 Å². The third-order valence-electron chi connectivity index (χ3n) is 3.34. The lowest BCUT2D eigenvalue weighted by Gasteiger charge is -2.29. The van der Waals surface area contributed by atoms with Crippen LogP contribution in [0.1, 0.15) is 19.3 Å². The van der Waals surface area contributed by atoms with Gasteiger partial charge in [0.15, 0.2) is 5.82 Å². The quantitative estimate of drug-likeness (QED) is 0.803. The van der Waals surface area contributed by atoms with Crippen molar-refractivity contribution in [1.29, 1.82) is 0 Å². The molecule has 82 valence electrons. The molecule has 0 aliphatic heterocycles. The van der Waals surface area contributed by atoms with Gasteiger partial charge in [-0.1, -0.05) is 6.42 Å². The average molecular weight is 206 g/mol. The second kappa shape index (κ2) is 4.57. The van der Waals surface area contributed by atoms with Crippen LogP contribution in [0.3, 0.4) is 0 Å². The molecular weight excluding hydrogens is 188 g/mol. The number of hydrogen-bond acceptors (Lipinski definition) is 4. The van der Waals surface area contributed by atoms with E-state index in [2.05, 4.69) is 22.1 Å². The first kappa shape index (κ1) is 10.4. The van der Waals surface area contributed by atoms with E-state index in [1.807, 2.05) is 12.1 Å². The van der Waals surface area contributed by atoms with Gasteiger partial charge in [0.2, 0.25) is 0 Å². The first-order valence-electron chi connectivity index (χ1n) is 5.53. The number of nitrogens with zero attached hydrogens (tertiary/aromatic N) is 3. The first-order chi connectivity index (χ1) is 7.33. The van der Waals surface area contributed by atoms with Crippen LogP contribution < -0.4 is 10.6 Å². The summed E-state index contributed by atoms with van der Waals surface area (Å²) in [5.41, 5.74) is 5.78. The van der Waals surface area contributed by atoms with Crippen LogP contribution in [0.5, 0.6) is 0 Å². The normalized spacial score (nSPS) is 25.5. The lowest BCUT2D eigenvalue weighted by molar-refractivity contribution is 0.471. The minimum atomic E-state index is 0.534. The van der Waals surface area contributed by atoms with Gasteiger partial charge < -0.3 is 10.6 Å². The second-order valence-corrected chi connectivity index (χ2v) is 4.19. The molecule has 1 fully saturated rings. The van der Waals surface area contributed by atoms with Gasteiger partial charge in [-0.25, -0.2) is 0 Å². The van der Waals surface area contributed by atoms with Crippen LogP contribution in [-0.4, -0.2) is 29.8 Å². The van der Waals surface area contributed by atoms with E-state index >= 15 is 0 Å². The van der Waals surface area contributed by atoms with E-state index in [4.69, 9.17) is 5.73 Å². The van der Waals surface area contributed by atoms with Crippen molar-refractivity contribution in [2.24, 2.45) is 11.7 Å².